The molecule has 0 aliphatic heterocycles. The van der Waals surface area contributed by atoms with E-state index in [-0.39, 0.29) is 0 Å². The van der Waals surface area contributed by atoms with E-state index in [0.717, 1.165) is 4.47 Å². The van der Waals surface area contributed by atoms with Gasteiger partial charge in [0.1, 0.15) is 0 Å². The summed E-state index contributed by atoms with van der Waals surface area (Å²) in [5.74, 6) is 1.26. The van der Waals surface area contributed by atoms with E-state index in [1.54, 1.807) is 0 Å². The van der Waals surface area contributed by atoms with Gasteiger partial charge in [-0.2, -0.15) is 0 Å². The molecule has 0 N–H and O–H groups in total. The molecule has 0 aliphatic rings. The fourth-order valence-electron chi connectivity index (χ4n) is 2.33. The third-order valence-corrected chi connectivity index (χ3v) is 3.79. The van der Waals surface area contributed by atoms with Gasteiger partial charge >= 0.3 is 0 Å². The van der Waals surface area contributed by atoms with Gasteiger partial charge in [-0.15, -0.1) is 0 Å². The first-order chi connectivity index (χ1) is 9.84. The van der Waals surface area contributed by atoms with Crippen molar-refractivity contribution >= 4 is 15.9 Å². The lowest BCUT2D eigenvalue weighted by Crippen LogP contribution is -2.03. The van der Waals surface area contributed by atoms with Gasteiger partial charge in [0.25, 0.3) is 0 Å². The molecule has 0 radical (unpaired) electrons. The lowest BCUT2D eigenvalue weighted by molar-refractivity contribution is 1.23. The van der Waals surface area contributed by atoms with E-state index in [9.17, 15) is 0 Å². The van der Waals surface area contributed by atoms with Crippen molar-refractivity contribution in [2.24, 2.45) is 0 Å². The van der Waals surface area contributed by atoms with E-state index >= 15 is 0 Å². The highest BCUT2D eigenvalue weighted by molar-refractivity contribution is 9.10. The Morgan fingerprint density at radius 3 is 1.35 bits per heavy atom. The molecule has 0 aromatic heterocycles. The third kappa shape index (κ3) is 2.78. The molecular weight excluding hydrogens is 308 g/mol. The van der Waals surface area contributed by atoms with Gasteiger partial charge in [0.2, 0.25) is 0 Å². The fourth-order valence-corrected chi connectivity index (χ4v) is 2.59. The summed E-state index contributed by atoms with van der Waals surface area (Å²) in [4.78, 5) is 0. The number of hydrogen-bond donors (Lipinski definition) is 0. The van der Waals surface area contributed by atoms with Crippen LogP contribution in [0.4, 0.5) is 0 Å². The molecule has 1 heteroatoms. The van der Waals surface area contributed by atoms with Crippen LogP contribution in [0, 0.1) is 5.92 Å². The Morgan fingerprint density at radius 2 is 0.900 bits per heavy atom. The van der Waals surface area contributed by atoms with Crippen LogP contribution in [0.25, 0.3) is 0 Å². The molecule has 0 spiro atoms. The van der Waals surface area contributed by atoms with Crippen molar-refractivity contribution in [2.45, 2.75) is 0 Å². The zero-order chi connectivity index (χ0) is 13.8. The minimum absolute atomic E-state index is 1.10. The van der Waals surface area contributed by atoms with Crippen molar-refractivity contribution < 1.29 is 0 Å². The van der Waals surface area contributed by atoms with Crippen LogP contribution in [0.2, 0.25) is 0 Å². The van der Waals surface area contributed by atoms with Crippen molar-refractivity contribution in [3.8, 4) is 0 Å². The fraction of sp³-hybridized carbons (Fsp3) is 0. The van der Waals surface area contributed by atoms with E-state index in [1.165, 1.54) is 22.6 Å². The topological polar surface area (TPSA) is 0 Å². The van der Waals surface area contributed by atoms with Crippen molar-refractivity contribution in [1.29, 1.82) is 0 Å². The second-order valence-electron chi connectivity index (χ2n) is 4.61. The molecule has 96 valence electrons. The van der Waals surface area contributed by atoms with Crippen LogP contribution in [0.3, 0.4) is 0 Å². The SMILES string of the molecule is Brc1ccc([C+](c2ccccc2)c2ccccc2)cc1. The first-order valence-corrected chi connectivity index (χ1v) is 7.37. The van der Waals surface area contributed by atoms with Crippen LogP contribution < -0.4 is 0 Å². The monoisotopic (exact) mass is 321 g/mol. The van der Waals surface area contributed by atoms with Crippen LogP contribution in [0.15, 0.2) is 89.4 Å². The van der Waals surface area contributed by atoms with E-state index in [0.29, 0.717) is 0 Å². The summed E-state index contributed by atoms with van der Waals surface area (Å²) < 4.78 is 1.10. The molecule has 0 aliphatic carbocycles. The summed E-state index contributed by atoms with van der Waals surface area (Å²) >= 11 is 3.50. The maximum atomic E-state index is 3.50. The Bertz CT molecular complexity index is 618. The van der Waals surface area contributed by atoms with Crippen molar-refractivity contribution in [3.63, 3.8) is 0 Å². The molecule has 0 saturated heterocycles. The maximum absolute atomic E-state index is 3.50. The lowest BCUT2D eigenvalue weighted by Gasteiger charge is -2.13. The quantitative estimate of drug-likeness (QED) is 0.443. The van der Waals surface area contributed by atoms with E-state index < -0.39 is 0 Å². The summed E-state index contributed by atoms with van der Waals surface area (Å²) in [6, 6.07) is 29.5. The Hall–Kier alpha value is -1.99. The Labute approximate surface area is 128 Å². The number of benzene rings is 3. The van der Waals surface area contributed by atoms with Crippen LogP contribution in [0.5, 0.6) is 0 Å². The Morgan fingerprint density at radius 1 is 0.500 bits per heavy atom. The van der Waals surface area contributed by atoms with Crippen molar-refractivity contribution in [1.82, 2.24) is 0 Å². The predicted molar refractivity (Wildman–Crippen MR) is 87.6 cm³/mol. The average molecular weight is 322 g/mol. The molecule has 3 aromatic carbocycles. The molecule has 0 unspecified atom stereocenters. The Kier molecular flexibility index (Phi) is 3.89. The largest absolute Gasteiger partial charge is 0.0631 e. The smallest absolute Gasteiger partial charge is 0.0511 e. The highest BCUT2D eigenvalue weighted by atomic mass is 79.9. The minimum Gasteiger partial charge on any atom is -0.0511 e. The van der Waals surface area contributed by atoms with Gasteiger partial charge in [0, 0.05) is 4.47 Å². The summed E-state index contributed by atoms with van der Waals surface area (Å²) in [5.41, 5.74) is 3.70. The molecule has 3 rings (SSSR count). The van der Waals surface area contributed by atoms with E-state index in [4.69, 9.17) is 0 Å². The third-order valence-electron chi connectivity index (χ3n) is 3.26. The maximum Gasteiger partial charge on any atom is 0.0631 e. The summed E-state index contributed by atoms with van der Waals surface area (Å²) in [6.07, 6.45) is 0. The normalized spacial score (nSPS) is 10.2. The molecule has 0 nitrogen and oxygen atoms in total. The molecule has 0 fully saturated rings. The van der Waals surface area contributed by atoms with E-state index in [2.05, 4.69) is 88.7 Å². The van der Waals surface area contributed by atoms with Gasteiger partial charge in [-0.05, 0) is 88.7 Å². The second kappa shape index (κ2) is 5.98. The second-order valence-corrected chi connectivity index (χ2v) is 5.53. The van der Waals surface area contributed by atoms with Gasteiger partial charge in [-0.25, -0.2) is 0 Å². The molecule has 0 amide bonds. The van der Waals surface area contributed by atoms with Crippen molar-refractivity contribution in [3.05, 3.63) is 112 Å². The molecule has 0 atom stereocenters. The zero-order valence-corrected chi connectivity index (χ0v) is 12.5. The van der Waals surface area contributed by atoms with E-state index in [1.807, 2.05) is 12.1 Å². The lowest BCUT2D eigenvalue weighted by atomic mass is 9.85. The van der Waals surface area contributed by atoms with Gasteiger partial charge in [0.15, 0.2) is 0 Å². The summed E-state index contributed by atoms with van der Waals surface area (Å²) in [6.45, 7) is 0. The number of halogens is 1. The highest BCUT2D eigenvalue weighted by Gasteiger charge is 2.21. The van der Waals surface area contributed by atoms with Gasteiger partial charge in [-0.3, -0.25) is 0 Å². The zero-order valence-electron chi connectivity index (χ0n) is 11.0. The minimum atomic E-state index is 1.10. The predicted octanol–water partition coefficient (Wildman–Crippen LogP) is 5.47. The van der Waals surface area contributed by atoms with Gasteiger partial charge < -0.3 is 0 Å². The van der Waals surface area contributed by atoms with Crippen LogP contribution >= 0.6 is 15.9 Å². The molecule has 3 aromatic rings. The van der Waals surface area contributed by atoms with Crippen molar-refractivity contribution in [2.75, 3.05) is 0 Å². The summed E-state index contributed by atoms with van der Waals surface area (Å²) in [7, 11) is 0. The molecule has 0 heterocycles. The first kappa shape index (κ1) is 13.0. The van der Waals surface area contributed by atoms with Gasteiger partial charge in [0.05, 0.1) is 22.6 Å². The molecular formula is C19H14Br+. The van der Waals surface area contributed by atoms with Gasteiger partial charge in [-0.1, -0.05) is 12.1 Å². The standard InChI is InChI=1S/C19H14Br/c20-18-13-11-17(12-14-18)19(15-7-3-1-4-8-15)16-9-5-2-6-10-16/h1-14H/q+1. The number of rotatable bonds is 3. The average Bonchev–Trinajstić information content (AvgIpc) is 2.52. The van der Waals surface area contributed by atoms with Crippen LogP contribution in [-0.4, -0.2) is 0 Å². The first-order valence-electron chi connectivity index (χ1n) is 6.58. The van der Waals surface area contributed by atoms with Crippen LogP contribution in [-0.2, 0) is 0 Å². The molecule has 0 saturated carbocycles. The summed E-state index contributed by atoms with van der Waals surface area (Å²) in [5, 5.41) is 0. The molecule has 20 heavy (non-hydrogen) atoms. The Balaban J connectivity index is 2.11. The highest BCUT2D eigenvalue weighted by Crippen LogP contribution is 2.31. The molecule has 0 bridgehead atoms. The number of hydrogen-bond acceptors (Lipinski definition) is 0. The van der Waals surface area contributed by atoms with Crippen LogP contribution in [0.1, 0.15) is 16.7 Å².